The van der Waals surface area contributed by atoms with Gasteiger partial charge in [0.2, 0.25) is 0 Å². The highest BCUT2D eigenvalue weighted by Gasteiger charge is 2.87. The first-order valence-corrected chi connectivity index (χ1v) is 7.66. The summed E-state index contributed by atoms with van der Waals surface area (Å²) >= 11 is 0. The SMILES string of the molecule is CCO[Si](CC)(OC)OC(C(F)(F)F)(C(F)(F)F)C(F)(F)F. The van der Waals surface area contributed by atoms with E-state index in [1.165, 1.54) is 0 Å². The van der Waals surface area contributed by atoms with Crippen molar-refractivity contribution in [3.05, 3.63) is 0 Å². The molecule has 0 aliphatic heterocycles. The zero-order valence-electron chi connectivity index (χ0n) is 11.5. The van der Waals surface area contributed by atoms with Crippen molar-refractivity contribution in [2.75, 3.05) is 13.7 Å². The zero-order valence-corrected chi connectivity index (χ0v) is 12.5. The highest BCUT2D eigenvalue weighted by molar-refractivity contribution is 6.60. The number of alkyl halides is 9. The van der Waals surface area contributed by atoms with Gasteiger partial charge in [-0.05, 0) is 6.92 Å². The molecule has 22 heavy (non-hydrogen) atoms. The van der Waals surface area contributed by atoms with Crippen molar-refractivity contribution in [3.63, 3.8) is 0 Å². The van der Waals surface area contributed by atoms with Gasteiger partial charge in [0.1, 0.15) is 0 Å². The van der Waals surface area contributed by atoms with Gasteiger partial charge in [0.05, 0.1) is 0 Å². The lowest BCUT2D eigenvalue weighted by Crippen LogP contribution is -2.72. The van der Waals surface area contributed by atoms with Gasteiger partial charge in [0.25, 0.3) is 0 Å². The Morgan fingerprint density at radius 1 is 0.773 bits per heavy atom. The maximum atomic E-state index is 12.8. The van der Waals surface area contributed by atoms with Crippen LogP contribution < -0.4 is 0 Å². The lowest BCUT2D eigenvalue weighted by molar-refractivity contribution is -0.444. The average Bonchev–Trinajstić information content (AvgIpc) is 2.29. The summed E-state index contributed by atoms with van der Waals surface area (Å²) in [6.45, 7) is 1.67. The molecular formula is C9H13F9O3Si. The van der Waals surface area contributed by atoms with E-state index in [0.29, 0.717) is 7.11 Å². The normalized spacial score (nSPS) is 17.5. The summed E-state index contributed by atoms with van der Waals surface area (Å²) < 4.78 is 127. The Kier molecular flexibility index (Phi) is 6.37. The fourth-order valence-corrected chi connectivity index (χ4v) is 3.71. The van der Waals surface area contributed by atoms with E-state index >= 15 is 0 Å². The van der Waals surface area contributed by atoms with Crippen LogP contribution in [0.15, 0.2) is 0 Å². The van der Waals surface area contributed by atoms with Crippen LogP contribution in [0, 0.1) is 0 Å². The van der Waals surface area contributed by atoms with Crippen LogP contribution in [0.1, 0.15) is 13.8 Å². The summed E-state index contributed by atoms with van der Waals surface area (Å²) in [5, 5.41) is 0. The predicted molar refractivity (Wildman–Crippen MR) is 56.9 cm³/mol. The molecular weight excluding hydrogens is 355 g/mol. The minimum absolute atomic E-state index is 0.489. The van der Waals surface area contributed by atoms with Crippen molar-refractivity contribution in [3.8, 4) is 0 Å². The molecule has 1 unspecified atom stereocenters. The Bertz CT molecular complexity index is 323. The molecule has 13 heteroatoms. The molecule has 0 bridgehead atoms. The molecule has 0 saturated carbocycles. The van der Waals surface area contributed by atoms with Gasteiger partial charge in [-0.1, -0.05) is 6.92 Å². The summed E-state index contributed by atoms with van der Waals surface area (Å²) in [4.78, 5) is 0. The van der Waals surface area contributed by atoms with E-state index in [9.17, 15) is 39.5 Å². The third-order valence-corrected chi connectivity index (χ3v) is 5.45. The minimum atomic E-state index is -6.81. The summed E-state index contributed by atoms with van der Waals surface area (Å²) in [5.41, 5.74) is -6.39. The summed E-state index contributed by atoms with van der Waals surface area (Å²) in [6, 6.07) is -0.721. The third-order valence-electron chi connectivity index (χ3n) is 2.61. The molecule has 0 amide bonds. The molecule has 0 aliphatic rings. The van der Waals surface area contributed by atoms with Gasteiger partial charge in [0, 0.05) is 19.8 Å². The third kappa shape index (κ3) is 3.68. The molecule has 1 atom stereocenters. The van der Waals surface area contributed by atoms with Crippen LogP contribution in [-0.2, 0) is 13.3 Å². The average molecular weight is 368 g/mol. The summed E-state index contributed by atoms with van der Waals surface area (Å²) in [7, 11) is -4.24. The lowest BCUT2D eigenvalue weighted by Gasteiger charge is -2.42. The van der Waals surface area contributed by atoms with E-state index in [-0.39, 0.29) is 0 Å². The Hall–Kier alpha value is -0.533. The van der Waals surface area contributed by atoms with Crippen molar-refractivity contribution in [2.24, 2.45) is 0 Å². The number of halogens is 9. The molecule has 0 aliphatic carbocycles. The van der Waals surface area contributed by atoms with Crippen LogP contribution in [0.2, 0.25) is 6.04 Å². The fraction of sp³-hybridized carbons (Fsp3) is 1.00. The Morgan fingerprint density at radius 3 is 1.32 bits per heavy atom. The van der Waals surface area contributed by atoms with Crippen LogP contribution in [0.3, 0.4) is 0 Å². The van der Waals surface area contributed by atoms with Gasteiger partial charge < -0.3 is 13.3 Å². The predicted octanol–water partition coefficient (Wildman–Crippen LogP) is 4.07. The van der Waals surface area contributed by atoms with Gasteiger partial charge in [-0.15, -0.1) is 0 Å². The second kappa shape index (κ2) is 6.53. The topological polar surface area (TPSA) is 27.7 Å². The Morgan fingerprint density at radius 2 is 1.14 bits per heavy atom. The van der Waals surface area contributed by atoms with Gasteiger partial charge in [-0.25, -0.2) is 0 Å². The van der Waals surface area contributed by atoms with E-state index < -0.39 is 45.6 Å². The lowest BCUT2D eigenvalue weighted by atomic mass is 10.0. The molecule has 0 fully saturated rings. The highest BCUT2D eigenvalue weighted by Crippen LogP contribution is 2.56. The molecule has 3 nitrogen and oxygen atoms in total. The van der Waals surface area contributed by atoms with Crippen LogP contribution in [0.4, 0.5) is 39.5 Å². The second-order valence-electron chi connectivity index (χ2n) is 3.95. The smallest absolute Gasteiger partial charge is 0.377 e. The molecule has 134 valence electrons. The van der Waals surface area contributed by atoms with E-state index in [4.69, 9.17) is 0 Å². The second-order valence-corrected chi connectivity index (χ2v) is 6.92. The first-order valence-electron chi connectivity index (χ1n) is 5.73. The van der Waals surface area contributed by atoms with E-state index in [0.717, 1.165) is 13.8 Å². The van der Waals surface area contributed by atoms with Gasteiger partial charge in [-0.2, -0.15) is 39.5 Å². The van der Waals surface area contributed by atoms with E-state index in [1.54, 1.807) is 0 Å². The molecule has 0 spiro atoms. The first kappa shape index (κ1) is 21.5. The van der Waals surface area contributed by atoms with Crippen LogP contribution in [-0.4, -0.2) is 46.7 Å². The molecule has 0 radical (unpaired) electrons. The number of rotatable bonds is 6. The minimum Gasteiger partial charge on any atom is -0.377 e. The molecule has 0 aromatic heterocycles. The highest BCUT2D eigenvalue weighted by atomic mass is 28.4. The Balaban J connectivity index is 6.32. The van der Waals surface area contributed by atoms with E-state index in [1.807, 2.05) is 0 Å². The van der Waals surface area contributed by atoms with Crippen molar-refractivity contribution in [1.82, 2.24) is 0 Å². The molecule has 0 aromatic rings. The molecule has 0 saturated heterocycles. The largest absolute Gasteiger partial charge is 0.501 e. The van der Waals surface area contributed by atoms with E-state index in [2.05, 4.69) is 13.3 Å². The summed E-state index contributed by atoms with van der Waals surface area (Å²) in [5.74, 6) is 0. The van der Waals surface area contributed by atoms with Crippen molar-refractivity contribution in [2.45, 2.75) is 44.0 Å². The van der Waals surface area contributed by atoms with Gasteiger partial charge in [-0.3, -0.25) is 0 Å². The Labute approximate surface area is 120 Å². The number of hydrogen-bond donors (Lipinski definition) is 0. The number of hydrogen-bond acceptors (Lipinski definition) is 3. The van der Waals surface area contributed by atoms with Crippen molar-refractivity contribution < 1.29 is 52.8 Å². The molecule has 0 N–H and O–H groups in total. The quantitative estimate of drug-likeness (QED) is 0.523. The maximum absolute atomic E-state index is 12.8. The van der Waals surface area contributed by atoms with Crippen LogP contribution in [0.25, 0.3) is 0 Å². The monoisotopic (exact) mass is 368 g/mol. The van der Waals surface area contributed by atoms with Crippen LogP contribution in [0.5, 0.6) is 0 Å². The fourth-order valence-electron chi connectivity index (χ4n) is 1.56. The zero-order chi connectivity index (χ0) is 18.0. The van der Waals surface area contributed by atoms with Gasteiger partial charge >= 0.3 is 32.9 Å². The van der Waals surface area contributed by atoms with Crippen molar-refractivity contribution in [1.29, 1.82) is 0 Å². The molecule has 0 heterocycles. The first-order chi connectivity index (χ1) is 9.64. The van der Waals surface area contributed by atoms with Crippen LogP contribution >= 0.6 is 0 Å². The maximum Gasteiger partial charge on any atom is 0.501 e. The van der Waals surface area contributed by atoms with Gasteiger partial charge in [0.15, 0.2) is 0 Å². The summed E-state index contributed by atoms with van der Waals surface area (Å²) in [6.07, 6.45) is -20.4. The standard InChI is InChI=1S/C9H13F9O3Si/c1-4-20-22(5-2,19-3)21-6(7(10,11)12,8(13,14)15)9(16,17)18/h4-5H2,1-3H3. The van der Waals surface area contributed by atoms with Crippen molar-refractivity contribution >= 4 is 8.80 Å². The molecule has 0 aromatic carbocycles. The molecule has 0 rings (SSSR count).